The molecule has 0 aliphatic carbocycles. The van der Waals surface area contributed by atoms with Crippen LogP contribution in [0.15, 0.2) is 54.6 Å². The van der Waals surface area contributed by atoms with E-state index in [1.165, 1.54) is 11.0 Å². The topological polar surface area (TPSA) is 48.8 Å². The lowest BCUT2D eigenvalue weighted by molar-refractivity contribution is -0.900. The molecule has 29 heavy (non-hydrogen) atoms. The molecule has 0 unspecified atom stereocenters. The van der Waals surface area contributed by atoms with Crippen LogP contribution in [0.4, 0.5) is 29.3 Å². The van der Waals surface area contributed by atoms with Crippen molar-refractivity contribution >= 4 is 17.4 Å². The molecule has 0 aromatic heterocycles. The molecule has 1 aliphatic heterocycles. The zero-order chi connectivity index (χ0) is 20.7. The Balaban J connectivity index is 1.38. The number of hydrogen-bond donors (Lipinski definition) is 3. The van der Waals surface area contributed by atoms with E-state index in [-0.39, 0.29) is 11.7 Å². The van der Waals surface area contributed by atoms with Gasteiger partial charge in [0.2, 0.25) is 0 Å². The molecule has 8 heteroatoms. The van der Waals surface area contributed by atoms with E-state index in [4.69, 9.17) is 0 Å². The van der Waals surface area contributed by atoms with Crippen molar-refractivity contribution in [1.82, 2.24) is 5.32 Å². The average molecular weight is 407 g/mol. The number of benzene rings is 2. The lowest BCUT2D eigenvalue weighted by Gasteiger charge is -2.35. The largest absolute Gasteiger partial charge is 0.418 e. The van der Waals surface area contributed by atoms with Crippen molar-refractivity contribution in [2.45, 2.75) is 12.6 Å². The predicted octanol–water partition coefficient (Wildman–Crippen LogP) is 2.62. The van der Waals surface area contributed by atoms with Crippen LogP contribution in [0, 0.1) is 0 Å². The number of quaternary nitrogens is 1. The van der Waals surface area contributed by atoms with Crippen LogP contribution in [0.1, 0.15) is 12.0 Å². The van der Waals surface area contributed by atoms with Crippen molar-refractivity contribution in [1.29, 1.82) is 0 Å². The van der Waals surface area contributed by atoms with Gasteiger partial charge in [-0.2, -0.15) is 13.2 Å². The summed E-state index contributed by atoms with van der Waals surface area (Å²) in [5.41, 5.74) is 0.432. The zero-order valence-corrected chi connectivity index (χ0v) is 16.1. The molecule has 1 saturated heterocycles. The number of anilines is 2. The van der Waals surface area contributed by atoms with E-state index in [9.17, 15) is 18.0 Å². The summed E-state index contributed by atoms with van der Waals surface area (Å²) >= 11 is 0. The maximum atomic E-state index is 13.2. The number of nitrogens with one attached hydrogen (secondary N) is 3. The van der Waals surface area contributed by atoms with E-state index in [1.54, 1.807) is 12.1 Å². The van der Waals surface area contributed by atoms with Gasteiger partial charge in [0.1, 0.15) is 0 Å². The lowest BCUT2D eigenvalue weighted by Crippen LogP contribution is -3.15. The van der Waals surface area contributed by atoms with Crippen molar-refractivity contribution in [2.75, 3.05) is 49.5 Å². The average Bonchev–Trinajstić information content (AvgIpc) is 2.72. The van der Waals surface area contributed by atoms with Gasteiger partial charge in [-0.25, -0.2) is 4.79 Å². The first-order valence-corrected chi connectivity index (χ1v) is 9.78. The fourth-order valence-corrected chi connectivity index (χ4v) is 3.54. The Morgan fingerprint density at radius 1 is 1.00 bits per heavy atom. The summed E-state index contributed by atoms with van der Waals surface area (Å²) in [6.07, 6.45) is -3.52. The van der Waals surface area contributed by atoms with E-state index >= 15 is 0 Å². The molecule has 1 fully saturated rings. The highest BCUT2D eigenvalue weighted by Gasteiger charge is 2.35. The highest BCUT2D eigenvalue weighted by atomic mass is 19.4. The van der Waals surface area contributed by atoms with Crippen molar-refractivity contribution in [3.8, 4) is 0 Å². The number of halogens is 3. The molecule has 3 N–H and O–H groups in total. The van der Waals surface area contributed by atoms with E-state index in [1.807, 2.05) is 35.2 Å². The summed E-state index contributed by atoms with van der Waals surface area (Å²) in [6, 6.07) is 14.7. The van der Waals surface area contributed by atoms with Crippen molar-refractivity contribution < 1.29 is 22.9 Å². The van der Waals surface area contributed by atoms with Crippen LogP contribution in [0.2, 0.25) is 0 Å². The quantitative estimate of drug-likeness (QED) is 0.645. The third-order valence-corrected chi connectivity index (χ3v) is 5.05. The molecule has 156 valence electrons. The van der Waals surface area contributed by atoms with Crippen molar-refractivity contribution in [2.24, 2.45) is 0 Å². The van der Waals surface area contributed by atoms with E-state index in [0.29, 0.717) is 19.6 Å². The third kappa shape index (κ3) is 6.12. The predicted molar refractivity (Wildman–Crippen MR) is 107 cm³/mol. The summed E-state index contributed by atoms with van der Waals surface area (Å²) in [7, 11) is 0. The number of urea groups is 1. The molecular formula is C21H26F3N4O+. The number of hydrogen-bond acceptors (Lipinski definition) is 2. The van der Waals surface area contributed by atoms with Gasteiger partial charge in [0.25, 0.3) is 0 Å². The minimum Gasteiger partial charge on any atom is -0.360 e. The van der Waals surface area contributed by atoms with E-state index in [0.717, 1.165) is 37.8 Å². The molecular weight excluding hydrogens is 381 g/mol. The Morgan fingerprint density at radius 3 is 2.34 bits per heavy atom. The molecule has 0 spiro atoms. The minimum absolute atomic E-state index is 0.236. The SMILES string of the molecule is O=C(NCCC[NH+]1CCN(c2ccccc2C(F)(F)F)CC1)Nc1ccccc1. The Kier molecular flexibility index (Phi) is 6.98. The van der Waals surface area contributed by atoms with Crippen LogP contribution in [0.3, 0.4) is 0 Å². The second-order valence-corrected chi connectivity index (χ2v) is 7.10. The van der Waals surface area contributed by atoms with Gasteiger partial charge in [0, 0.05) is 24.3 Å². The number of amides is 2. The smallest absolute Gasteiger partial charge is 0.360 e. The van der Waals surface area contributed by atoms with Crippen LogP contribution >= 0.6 is 0 Å². The van der Waals surface area contributed by atoms with Crippen LogP contribution in [0.25, 0.3) is 0 Å². The maximum absolute atomic E-state index is 13.2. The third-order valence-electron chi connectivity index (χ3n) is 5.05. The van der Waals surface area contributed by atoms with Crippen LogP contribution in [-0.4, -0.2) is 45.3 Å². The molecule has 5 nitrogen and oxygen atoms in total. The number of rotatable bonds is 6. The Morgan fingerprint density at radius 2 is 1.66 bits per heavy atom. The number of alkyl halides is 3. The van der Waals surface area contributed by atoms with Gasteiger partial charge in [0.05, 0.1) is 38.3 Å². The molecule has 2 amide bonds. The Hall–Kier alpha value is -2.74. The normalized spacial score (nSPS) is 15.2. The molecule has 2 aromatic carbocycles. The summed E-state index contributed by atoms with van der Waals surface area (Å²) in [6.45, 7) is 4.17. The molecule has 0 saturated carbocycles. The summed E-state index contributed by atoms with van der Waals surface area (Å²) in [4.78, 5) is 15.0. The van der Waals surface area contributed by atoms with E-state index in [2.05, 4.69) is 10.6 Å². The number of carbonyl (C=O) groups is 1. The number of carbonyl (C=O) groups excluding carboxylic acids is 1. The number of piperazine rings is 1. The van der Waals surface area contributed by atoms with Crippen molar-refractivity contribution in [3.63, 3.8) is 0 Å². The first-order chi connectivity index (χ1) is 13.9. The van der Waals surface area contributed by atoms with Gasteiger partial charge in [-0.3, -0.25) is 0 Å². The standard InChI is InChI=1S/C21H25F3N4O/c22-21(23,24)18-9-4-5-10-19(18)28-15-13-27(14-16-28)12-6-11-25-20(29)26-17-7-2-1-3-8-17/h1-5,7-10H,6,11-16H2,(H2,25,26,29)/p+1. The van der Waals surface area contributed by atoms with Gasteiger partial charge in [-0.1, -0.05) is 30.3 Å². The summed E-state index contributed by atoms with van der Waals surface area (Å²) in [5, 5.41) is 5.60. The van der Waals surface area contributed by atoms with Crippen LogP contribution < -0.4 is 20.4 Å². The fraction of sp³-hybridized carbons (Fsp3) is 0.381. The highest BCUT2D eigenvalue weighted by molar-refractivity contribution is 5.89. The minimum atomic E-state index is -4.34. The number of nitrogens with zero attached hydrogens (tertiary/aromatic N) is 1. The summed E-state index contributed by atoms with van der Waals surface area (Å²) in [5.74, 6) is 0. The fourth-order valence-electron chi connectivity index (χ4n) is 3.54. The first-order valence-electron chi connectivity index (χ1n) is 9.78. The van der Waals surface area contributed by atoms with Crippen LogP contribution in [0.5, 0.6) is 0 Å². The Bertz CT molecular complexity index is 790. The zero-order valence-electron chi connectivity index (χ0n) is 16.1. The lowest BCUT2D eigenvalue weighted by atomic mass is 10.1. The molecule has 0 radical (unpaired) electrons. The molecule has 3 rings (SSSR count). The van der Waals surface area contributed by atoms with Gasteiger partial charge in [-0.15, -0.1) is 0 Å². The summed E-state index contributed by atoms with van der Waals surface area (Å²) < 4.78 is 39.7. The second-order valence-electron chi connectivity index (χ2n) is 7.10. The second kappa shape index (κ2) is 9.65. The van der Waals surface area contributed by atoms with Gasteiger partial charge in [0.15, 0.2) is 0 Å². The van der Waals surface area contributed by atoms with Gasteiger partial charge in [-0.05, 0) is 24.3 Å². The monoisotopic (exact) mass is 407 g/mol. The van der Waals surface area contributed by atoms with Gasteiger partial charge < -0.3 is 20.4 Å². The first kappa shape index (κ1) is 21.0. The van der Waals surface area contributed by atoms with Gasteiger partial charge >= 0.3 is 12.2 Å². The highest BCUT2D eigenvalue weighted by Crippen LogP contribution is 2.36. The maximum Gasteiger partial charge on any atom is 0.418 e. The van der Waals surface area contributed by atoms with E-state index < -0.39 is 11.7 Å². The number of para-hydroxylation sites is 2. The van der Waals surface area contributed by atoms with Crippen molar-refractivity contribution in [3.05, 3.63) is 60.2 Å². The molecule has 2 aromatic rings. The molecule has 0 bridgehead atoms. The molecule has 1 heterocycles. The molecule has 0 atom stereocenters. The Labute approximate surface area is 168 Å². The molecule has 1 aliphatic rings. The van der Waals surface area contributed by atoms with Crippen LogP contribution in [-0.2, 0) is 6.18 Å².